The molecule has 3 heterocycles. The average Bonchev–Trinajstić information content (AvgIpc) is 3.10. The highest BCUT2D eigenvalue weighted by Gasteiger charge is 2.39. The van der Waals surface area contributed by atoms with Crippen LogP contribution < -0.4 is 0 Å². The number of H-pyrrole nitrogens is 1. The fourth-order valence-electron chi connectivity index (χ4n) is 2.75. The van der Waals surface area contributed by atoms with Crippen molar-refractivity contribution in [1.82, 2.24) is 18.6 Å². The summed E-state index contributed by atoms with van der Waals surface area (Å²) in [4.78, 5) is 7.39. The van der Waals surface area contributed by atoms with E-state index < -0.39 is 10.2 Å². The summed E-state index contributed by atoms with van der Waals surface area (Å²) in [7, 11) is -3.42. The molecule has 1 aromatic heterocycles. The Morgan fingerprint density at radius 3 is 2.75 bits per heavy atom. The molecule has 2 aliphatic heterocycles. The maximum atomic E-state index is 12.7. The summed E-state index contributed by atoms with van der Waals surface area (Å²) < 4.78 is 34.0. The Morgan fingerprint density at radius 2 is 2.10 bits per heavy atom. The van der Waals surface area contributed by atoms with Crippen LogP contribution in [0.4, 0.5) is 0 Å². The molecule has 2 fully saturated rings. The monoisotopic (exact) mass is 300 g/mol. The van der Waals surface area contributed by atoms with Gasteiger partial charge in [-0.05, 0) is 19.8 Å². The van der Waals surface area contributed by atoms with Crippen LogP contribution in [0.2, 0.25) is 0 Å². The highest BCUT2D eigenvalue weighted by Crippen LogP contribution is 2.28. The van der Waals surface area contributed by atoms with Gasteiger partial charge >= 0.3 is 0 Å². The Bertz CT molecular complexity index is 565. The summed E-state index contributed by atoms with van der Waals surface area (Å²) in [6.45, 7) is 4.29. The molecule has 1 atom stereocenters. The van der Waals surface area contributed by atoms with Crippen molar-refractivity contribution in [3.63, 3.8) is 0 Å². The first-order valence-corrected chi connectivity index (χ1v) is 8.35. The first kappa shape index (κ1) is 14.0. The molecular weight excluding hydrogens is 280 g/mol. The molecule has 0 saturated carbocycles. The fraction of sp³-hybridized carbons (Fsp3) is 0.750. The van der Waals surface area contributed by atoms with Crippen LogP contribution >= 0.6 is 0 Å². The van der Waals surface area contributed by atoms with Crippen molar-refractivity contribution in [2.24, 2.45) is 0 Å². The third-order valence-electron chi connectivity index (χ3n) is 3.81. The Morgan fingerprint density at radius 1 is 1.35 bits per heavy atom. The maximum absolute atomic E-state index is 12.7. The summed E-state index contributed by atoms with van der Waals surface area (Å²) in [5, 5.41) is 0. The number of nitrogens with one attached hydrogen (secondary N) is 1. The SMILES string of the molecule is Cc1cnc([C@H]2COCCN2S(=O)(=O)N2CCCC2)[nH]1. The maximum Gasteiger partial charge on any atom is 0.282 e. The van der Waals surface area contributed by atoms with Crippen LogP contribution in [0.1, 0.15) is 30.4 Å². The molecule has 0 aromatic carbocycles. The first-order chi connectivity index (χ1) is 9.59. The van der Waals surface area contributed by atoms with Gasteiger partial charge in [0.15, 0.2) is 0 Å². The third kappa shape index (κ3) is 2.48. The van der Waals surface area contributed by atoms with Crippen molar-refractivity contribution in [1.29, 1.82) is 0 Å². The van der Waals surface area contributed by atoms with Crippen LogP contribution in [-0.4, -0.2) is 59.8 Å². The van der Waals surface area contributed by atoms with Crippen molar-refractivity contribution < 1.29 is 13.2 Å². The lowest BCUT2D eigenvalue weighted by Gasteiger charge is -2.35. The zero-order valence-corrected chi connectivity index (χ0v) is 12.4. The number of aromatic nitrogens is 2. The molecule has 0 radical (unpaired) electrons. The second-order valence-corrected chi connectivity index (χ2v) is 7.15. The van der Waals surface area contributed by atoms with Gasteiger partial charge in [0.1, 0.15) is 11.9 Å². The van der Waals surface area contributed by atoms with Gasteiger partial charge in [0.2, 0.25) is 0 Å². The molecule has 0 bridgehead atoms. The van der Waals surface area contributed by atoms with E-state index in [1.165, 1.54) is 4.31 Å². The Labute approximate surface area is 119 Å². The third-order valence-corrected chi connectivity index (χ3v) is 5.85. The molecule has 1 N–H and O–H groups in total. The predicted octanol–water partition coefficient (Wildman–Crippen LogP) is 0.432. The molecule has 112 valence electrons. The number of nitrogens with zero attached hydrogens (tertiary/aromatic N) is 3. The van der Waals surface area contributed by atoms with Gasteiger partial charge in [-0.25, -0.2) is 4.98 Å². The second kappa shape index (κ2) is 5.44. The molecule has 3 rings (SSSR count). The van der Waals surface area contributed by atoms with Crippen molar-refractivity contribution >= 4 is 10.2 Å². The van der Waals surface area contributed by atoms with E-state index in [4.69, 9.17) is 4.74 Å². The lowest BCUT2D eigenvalue weighted by molar-refractivity contribution is 0.0267. The summed E-state index contributed by atoms with van der Waals surface area (Å²) in [5.41, 5.74) is 0.920. The molecule has 2 saturated heterocycles. The van der Waals surface area contributed by atoms with Gasteiger partial charge in [0, 0.05) is 31.5 Å². The van der Waals surface area contributed by atoms with Crippen LogP contribution in [0.3, 0.4) is 0 Å². The van der Waals surface area contributed by atoms with E-state index in [0.29, 0.717) is 38.7 Å². The first-order valence-electron chi connectivity index (χ1n) is 6.95. The minimum atomic E-state index is -3.42. The number of hydrogen-bond donors (Lipinski definition) is 1. The van der Waals surface area contributed by atoms with E-state index in [1.54, 1.807) is 10.5 Å². The van der Waals surface area contributed by atoms with Gasteiger partial charge in [-0.1, -0.05) is 0 Å². The van der Waals surface area contributed by atoms with Gasteiger partial charge in [0.05, 0.1) is 13.2 Å². The molecule has 8 heteroatoms. The van der Waals surface area contributed by atoms with Crippen molar-refractivity contribution in [2.45, 2.75) is 25.8 Å². The van der Waals surface area contributed by atoms with Crippen LogP contribution in [0.5, 0.6) is 0 Å². The quantitative estimate of drug-likeness (QED) is 0.878. The summed E-state index contributed by atoms with van der Waals surface area (Å²) >= 11 is 0. The van der Waals surface area contributed by atoms with E-state index in [2.05, 4.69) is 9.97 Å². The topological polar surface area (TPSA) is 78.5 Å². The number of imidazole rings is 1. The van der Waals surface area contributed by atoms with E-state index >= 15 is 0 Å². The fourth-order valence-corrected chi connectivity index (χ4v) is 4.55. The zero-order valence-electron chi connectivity index (χ0n) is 11.6. The minimum Gasteiger partial charge on any atom is -0.378 e. The van der Waals surface area contributed by atoms with E-state index in [1.807, 2.05) is 6.92 Å². The molecular formula is C12H20N4O3S. The van der Waals surface area contributed by atoms with E-state index in [0.717, 1.165) is 18.5 Å². The number of rotatable bonds is 3. The van der Waals surface area contributed by atoms with Crippen LogP contribution in [0, 0.1) is 6.92 Å². The van der Waals surface area contributed by atoms with Gasteiger partial charge in [-0.2, -0.15) is 17.0 Å². The molecule has 0 amide bonds. The van der Waals surface area contributed by atoms with Crippen LogP contribution in [0.15, 0.2) is 6.20 Å². The number of ether oxygens (including phenoxy) is 1. The van der Waals surface area contributed by atoms with E-state index in [-0.39, 0.29) is 6.04 Å². The Balaban J connectivity index is 1.88. The van der Waals surface area contributed by atoms with E-state index in [9.17, 15) is 8.42 Å². The van der Waals surface area contributed by atoms with Gasteiger partial charge in [-0.15, -0.1) is 0 Å². The van der Waals surface area contributed by atoms with Crippen molar-refractivity contribution in [2.75, 3.05) is 32.8 Å². The van der Waals surface area contributed by atoms with Crippen LogP contribution in [-0.2, 0) is 14.9 Å². The lowest BCUT2D eigenvalue weighted by Crippen LogP contribution is -2.49. The van der Waals surface area contributed by atoms with Gasteiger partial charge in [0.25, 0.3) is 10.2 Å². The normalized spacial score (nSPS) is 26.1. The number of aryl methyl sites for hydroxylation is 1. The molecule has 0 aliphatic carbocycles. The summed E-state index contributed by atoms with van der Waals surface area (Å²) in [5.74, 6) is 0.657. The molecule has 1 aromatic rings. The highest BCUT2D eigenvalue weighted by atomic mass is 32.2. The van der Waals surface area contributed by atoms with Gasteiger partial charge < -0.3 is 9.72 Å². The Kier molecular flexibility index (Phi) is 3.80. The lowest BCUT2D eigenvalue weighted by atomic mass is 10.2. The summed E-state index contributed by atoms with van der Waals surface area (Å²) in [6.07, 6.45) is 3.59. The second-order valence-electron chi connectivity index (χ2n) is 5.27. The largest absolute Gasteiger partial charge is 0.378 e. The summed E-state index contributed by atoms with van der Waals surface area (Å²) in [6, 6.07) is -0.358. The zero-order chi connectivity index (χ0) is 14.2. The van der Waals surface area contributed by atoms with Crippen molar-refractivity contribution in [3.8, 4) is 0 Å². The van der Waals surface area contributed by atoms with Crippen LogP contribution in [0.25, 0.3) is 0 Å². The van der Waals surface area contributed by atoms with Crippen molar-refractivity contribution in [3.05, 3.63) is 17.7 Å². The molecule has 0 unspecified atom stereocenters. The smallest absolute Gasteiger partial charge is 0.282 e. The minimum absolute atomic E-state index is 0.347. The molecule has 20 heavy (non-hydrogen) atoms. The molecule has 2 aliphatic rings. The number of morpholine rings is 1. The number of hydrogen-bond acceptors (Lipinski definition) is 4. The molecule has 7 nitrogen and oxygen atoms in total. The predicted molar refractivity (Wildman–Crippen MR) is 73.3 cm³/mol. The standard InChI is InChI=1S/C12H20N4O3S/c1-10-8-13-12(14-10)11-9-19-7-6-16(11)20(17,18)15-4-2-3-5-15/h8,11H,2-7,9H2,1H3,(H,13,14)/t11-/m1/s1. The molecule has 0 spiro atoms. The highest BCUT2D eigenvalue weighted by molar-refractivity contribution is 7.86. The Hall–Kier alpha value is -0.960. The average molecular weight is 300 g/mol. The number of aromatic amines is 1. The van der Waals surface area contributed by atoms with Gasteiger partial charge in [-0.3, -0.25) is 0 Å².